The summed E-state index contributed by atoms with van der Waals surface area (Å²) in [5.74, 6) is -0.728. The van der Waals surface area contributed by atoms with E-state index in [1.807, 2.05) is 13.8 Å². The molecule has 1 N–H and O–H groups in total. The van der Waals surface area contributed by atoms with Gasteiger partial charge in [-0.1, -0.05) is 6.07 Å². The number of ether oxygens (including phenoxy) is 4. The van der Waals surface area contributed by atoms with E-state index in [1.54, 1.807) is 18.2 Å². The van der Waals surface area contributed by atoms with Gasteiger partial charge in [-0.15, -0.1) is 0 Å². The molecule has 0 unspecified atom stereocenters. The van der Waals surface area contributed by atoms with E-state index in [-0.39, 0.29) is 30.7 Å². The van der Waals surface area contributed by atoms with Crippen LogP contribution in [-0.2, 0) is 20.9 Å². The molecule has 8 nitrogen and oxygen atoms in total. The van der Waals surface area contributed by atoms with Gasteiger partial charge >= 0.3 is 5.97 Å². The summed E-state index contributed by atoms with van der Waals surface area (Å²) in [6, 6.07) is 6.24. The summed E-state index contributed by atoms with van der Waals surface area (Å²) in [5.41, 5.74) is -0.0451. The Morgan fingerprint density at radius 1 is 1.14 bits per heavy atom. The van der Waals surface area contributed by atoms with Crippen molar-refractivity contribution in [3.8, 4) is 17.2 Å². The number of rotatable bonds is 9. The van der Waals surface area contributed by atoms with Gasteiger partial charge in [0.15, 0.2) is 17.3 Å². The van der Waals surface area contributed by atoms with Gasteiger partial charge in [-0.25, -0.2) is 0 Å². The fourth-order valence-corrected chi connectivity index (χ4v) is 2.87. The summed E-state index contributed by atoms with van der Waals surface area (Å²) in [6.45, 7) is 3.82. The Bertz CT molecular complexity index is 900. The van der Waals surface area contributed by atoms with E-state index < -0.39 is 23.1 Å². The topological polar surface area (TPSA) is 104 Å². The third-order valence-electron chi connectivity index (χ3n) is 4.15. The number of esters is 1. The van der Waals surface area contributed by atoms with Crippen LogP contribution in [0.3, 0.4) is 0 Å². The molecule has 0 aliphatic heterocycles. The lowest BCUT2D eigenvalue weighted by molar-refractivity contribution is -0.140. The summed E-state index contributed by atoms with van der Waals surface area (Å²) in [6.07, 6.45) is -0.217. The van der Waals surface area contributed by atoms with Crippen LogP contribution in [0.1, 0.15) is 43.3 Å². The zero-order valence-electron chi connectivity index (χ0n) is 17.2. The van der Waals surface area contributed by atoms with Gasteiger partial charge < -0.3 is 28.5 Å². The molecular weight excluding hydrogens is 380 g/mol. The van der Waals surface area contributed by atoms with Crippen LogP contribution in [0.5, 0.6) is 17.2 Å². The number of hydrogen-bond acceptors (Lipinski definition) is 8. The smallest absolute Gasteiger partial charge is 0.306 e. The van der Waals surface area contributed by atoms with Crippen molar-refractivity contribution in [2.75, 3.05) is 21.3 Å². The van der Waals surface area contributed by atoms with Crippen molar-refractivity contribution >= 4 is 5.97 Å². The van der Waals surface area contributed by atoms with Gasteiger partial charge in [0.1, 0.15) is 12.4 Å². The second-order valence-corrected chi connectivity index (χ2v) is 6.63. The fraction of sp³-hybridized carbons (Fsp3) is 0.429. The highest BCUT2D eigenvalue weighted by Gasteiger charge is 2.27. The van der Waals surface area contributed by atoms with Crippen LogP contribution in [0.4, 0.5) is 0 Å². The van der Waals surface area contributed by atoms with Crippen LogP contribution in [0.2, 0.25) is 0 Å². The maximum atomic E-state index is 12.2. The molecule has 0 bridgehead atoms. The Hall–Kier alpha value is -3.00. The minimum absolute atomic E-state index is 0.0396. The predicted molar refractivity (Wildman–Crippen MR) is 105 cm³/mol. The van der Waals surface area contributed by atoms with Crippen molar-refractivity contribution < 1.29 is 33.3 Å². The molecule has 2 rings (SSSR count). The Morgan fingerprint density at radius 2 is 1.86 bits per heavy atom. The highest BCUT2D eigenvalue weighted by atomic mass is 16.5. The van der Waals surface area contributed by atoms with Crippen LogP contribution < -0.4 is 14.9 Å². The first-order valence-electron chi connectivity index (χ1n) is 9.06. The molecule has 158 valence electrons. The summed E-state index contributed by atoms with van der Waals surface area (Å²) in [5, 5.41) is 10.4. The molecule has 1 aromatic heterocycles. The molecular formula is C21H26O8. The Kier molecular flexibility index (Phi) is 7.67. The molecule has 1 aromatic carbocycles. The summed E-state index contributed by atoms with van der Waals surface area (Å²) < 4.78 is 26.6. The quantitative estimate of drug-likeness (QED) is 0.634. The van der Waals surface area contributed by atoms with E-state index in [0.29, 0.717) is 17.1 Å². The average Bonchev–Trinajstić information content (AvgIpc) is 2.69. The molecule has 1 heterocycles. The highest BCUT2D eigenvalue weighted by Crippen LogP contribution is 2.38. The van der Waals surface area contributed by atoms with Crippen LogP contribution >= 0.6 is 0 Å². The Balaban J connectivity index is 2.60. The second kappa shape index (κ2) is 9.97. The summed E-state index contributed by atoms with van der Waals surface area (Å²) >= 11 is 0. The van der Waals surface area contributed by atoms with E-state index >= 15 is 0 Å². The lowest BCUT2D eigenvalue weighted by Crippen LogP contribution is -2.14. The van der Waals surface area contributed by atoms with Crippen molar-refractivity contribution in [2.45, 2.75) is 38.9 Å². The fourth-order valence-electron chi connectivity index (χ4n) is 2.87. The van der Waals surface area contributed by atoms with Gasteiger partial charge in [-0.2, -0.15) is 0 Å². The molecule has 0 amide bonds. The van der Waals surface area contributed by atoms with E-state index in [2.05, 4.69) is 0 Å². The van der Waals surface area contributed by atoms with Crippen molar-refractivity contribution in [1.29, 1.82) is 0 Å². The maximum absolute atomic E-state index is 12.2. The predicted octanol–water partition coefficient (Wildman–Crippen LogP) is 2.98. The molecule has 2 aromatic rings. The first kappa shape index (κ1) is 22.3. The number of carbonyl (C=O) groups is 1. The largest absolute Gasteiger partial charge is 0.502 e. The second-order valence-electron chi connectivity index (χ2n) is 6.63. The lowest BCUT2D eigenvalue weighted by atomic mass is 9.92. The molecule has 0 radical (unpaired) electrons. The van der Waals surface area contributed by atoms with Crippen molar-refractivity contribution in [3.63, 3.8) is 0 Å². The summed E-state index contributed by atoms with van der Waals surface area (Å²) in [4.78, 5) is 24.2. The van der Waals surface area contributed by atoms with Crippen molar-refractivity contribution in [2.24, 2.45) is 0 Å². The van der Waals surface area contributed by atoms with E-state index in [4.69, 9.17) is 23.4 Å². The van der Waals surface area contributed by atoms with Gasteiger partial charge in [0, 0.05) is 13.2 Å². The van der Waals surface area contributed by atoms with Crippen molar-refractivity contribution in [3.05, 3.63) is 51.6 Å². The molecule has 0 fully saturated rings. The standard InChI is InChI=1S/C21H26O8/c1-12(2)28-17-7-6-13(8-18(17)26-4)15(10-19(23)27-5)21-20(24)16(22)9-14(29-21)11-25-3/h6-9,12,15,24H,10-11H2,1-5H3/t15-/m0/s1. The number of hydrogen-bond donors (Lipinski definition) is 1. The number of benzene rings is 1. The van der Waals surface area contributed by atoms with Crippen LogP contribution in [0.25, 0.3) is 0 Å². The van der Waals surface area contributed by atoms with Gasteiger partial charge in [0.25, 0.3) is 0 Å². The molecule has 8 heteroatoms. The van der Waals surface area contributed by atoms with Crippen LogP contribution in [0.15, 0.2) is 33.5 Å². The number of methoxy groups -OCH3 is 3. The Labute approximate surface area is 169 Å². The average molecular weight is 406 g/mol. The minimum Gasteiger partial charge on any atom is -0.502 e. The number of aromatic hydroxyl groups is 1. The molecule has 0 spiro atoms. The zero-order chi connectivity index (χ0) is 21.6. The third-order valence-corrected chi connectivity index (χ3v) is 4.15. The summed E-state index contributed by atoms with van der Waals surface area (Å²) in [7, 11) is 4.21. The molecule has 0 saturated heterocycles. The zero-order valence-corrected chi connectivity index (χ0v) is 17.2. The lowest BCUT2D eigenvalue weighted by Gasteiger charge is -2.20. The van der Waals surface area contributed by atoms with E-state index in [9.17, 15) is 14.7 Å². The number of carbonyl (C=O) groups excluding carboxylic acids is 1. The minimum atomic E-state index is -0.783. The van der Waals surface area contributed by atoms with Gasteiger partial charge in [-0.3, -0.25) is 9.59 Å². The first-order chi connectivity index (χ1) is 13.8. The van der Waals surface area contributed by atoms with Crippen molar-refractivity contribution in [1.82, 2.24) is 0 Å². The maximum Gasteiger partial charge on any atom is 0.306 e. The Morgan fingerprint density at radius 3 is 2.45 bits per heavy atom. The third kappa shape index (κ3) is 5.51. The van der Waals surface area contributed by atoms with Crippen LogP contribution in [-0.4, -0.2) is 38.5 Å². The molecule has 29 heavy (non-hydrogen) atoms. The molecule has 0 aliphatic carbocycles. The van der Waals surface area contributed by atoms with Gasteiger partial charge in [-0.05, 0) is 31.5 Å². The molecule has 0 saturated carbocycles. The molecule has 0 aliphatic rings. The first-order valence-corrected chi connectivity index (χ1v) is 9.06. The normalized spacial score (nSPS) is 11.9. The monoisotopic (exact) mass is 406 g/mol. The molecule has 1 atom stereocenters. The van der Waals surface area contributed by atoms with Gasteiger partial charge in [0.2, 0.25) is 11.2 Å². The van der Waals surface area contributed by atoms with Crippen LogP contribution in [0, 0.1) is 0 Å². The highest BCUT2D eigenvalue weighted by molar-refractivity contribution is 5.71. The van der Waals surface area contributed by atoms with E-state index in [1.165, 1.54) is 21.3 Å². The SMILES string of the molecule is COCc1cc(=O)c(O)c([C@@H](CC(=O)OC)c2ccc(OC(C)C)c(OC)c2)o1. The van der Waals surface area contributed by atoms with Gasteiger partial charge in [0.05, 0.1) is 32.7 Å². The van der Waals surface area contributed by atoms with E-state index in [0.717, 1.165) is 6.07 Å².